The van der Waals surface area contributed by atoms with Gasteiger partial charge in [0.05, 0.1) is 4.90 Å². The van der Waals surface area contributed by atoms with Crippen LogP contribution in [-0.4, -0.2) is 37.5 Å². The summed E-state index contributed by atoms with van der Waals surface area (Å²) in [5, 5.41) is 12.2. The summed E-state index contributed by atoms with van der Waals surface area (Å²) in [4.78, 5) is 24.3. The number of hydrogen-bond acceptors (Lipinski definition) is 4. The molecule has 3 N–H and O–H groups in total. The van der Waals surface area contributed by atoms with Crippen molar-refractivity contribution < 1.29 is 23.1 Å². The Hall–Kier alpha value is -2.19. The Morgan fingerprint density at radius 3 is 2.58 bits per heavy atom. The van der Waals surface area contributed by atoms with Crippen LogP contribution in [0.3, 0.4) is 0 Å². The third-order valence-electron chi connectivity index (χ3n) is 4.71. The lowest BCUT2D eigenvalue weighted by Crippen LogP contribution is -2.56. The molecule has 26 heavy (non-hydrogen) atoms. The third kappa shape index (κ3) is 4.50. The van der Waals surface area contributed by atoms with E-state index in [0.29, 0.717) is 31.6 Å². The highest BCUT2D eigenvalue weighted by molar-refractivity contribution is 7.89. The van der Waals surface area contributed by atoms with E-state index >= 15 is 0 Å². The van der Waals surface area contributed by atoms with Gasteiger partial charge in [0, 0.05) is 12.1 Å². The van der Waals surface area contributed by atoms with E-state index < -0.39 is 27.4 Å². The first-order valence-electron chi connectivity index (χ1n) is 8.47. The molecule has 1 fully saturated rings. The number of rotatable bonds is 7. The lowest BCUT2D eigenvalue weighted by molar-refractivity contribution is -0.146. The van der Waals surface area contributed by atoms with Gasteiger partial charge in [0.1, 0.15) is 5.54 Å². The molecule has 1 aliphatic carbocycles. The summed E-state index contributed by atoms with van der Waals surface area (Å²) < 4.78 is 26.7. The van der Waals surface area contributed by atoms with Gasteiger partial charge < -0.3 is 10.4 Å². The number of amides is 1. The van der Waals surface area contributed by atoms with Gasteiger partial charge in [-0.05, 0) is 49.8 Å². The second-order valence-corrected chi connectivity index (χ2v) is 8.46. The summed E-state index contributed by atoms with van der Waals surface area (Å²) in [7, 11) is -3.77. The van der Waals surface area contributed by atoms with Crippen LogP contribution in [0.4, 0.5) is 0 Å². The number of benzene rings is 1. The van der Waals surface area contributed by atoms with Crippen LogP contribution in [0.5, 0.6) is 0 Å². The summed E-state index contributed by atoms with van der Waals surface area (Å²) in [6, 6.07) is 5.52. The van der Waals surface area contributed by atoms with E-state index in [9.17, 15) is 23.1 Å². The topological polar surface area (TPSA) is 113 Å². The molecule has 0 saturated heterocycles. The highest BCUT2D eigenvalue weighted by Crippen LogP contribution is 2.32. The molecule has 1 aromatic carbocycles. The van der Waals surface area contributed by atoms with E-state index in [0.717, 1.165) is 0 Å². The molecule has 0 aromatic heterocycles. The van der Waals surface area contributed by atoms with Gasteiger partial charge in [-0.3, -0.25) is 4.79 Å². The monoisotopic (exact) mass is 380 g/mol. The van der Waals surface area contributed by atoms with Crippen LogP contribution in [0.1, 0.15) is 43.0 Å². The Balaban J connectivity index is 2.23. The van der Waals surface area contributed by atoms with Crippen molar-refractivity contribution in [2.24, 2.45) is 5.92 Å². The molecule has 7 nitrogen and oxygen atoms in total. The fourth-order valence-corrected chi connectivity index (χ4v) is 4.04. The number of carboxylic acid groups (broad SMARTS) is 1. The van der Waals surface area contributed by atoms with Crippen molar-refractivity contribution in [1.82, 2.24) is 10.0 Å². The molecule has 8 heteroatoms. The molecule has 0 heterocycles. The van der Waals surface area contributed by atoms with Gasteiger partial charge in [-0.25, -0.2) is 17.9 Å². The number of nitrogens with one attached hydrogen (secondary N) is 2. The first kappa shape index (κ1) is 20.1. The van der Waals surface area contributed by atoms with Crippen LogP contribution in [0.15, 0.2) is 41.8 Å². The molecular formula is C18H24N2O5S. The number of carbonyl (C=O) groups is 2. The predicted molar refractivity (Wildman–Crippen MR) is 97.3 cm³/mol. The van der Waals surface area contributed by atoms with Gasteiger partial charge in [-0.15, -0.1) is 6.58 Å². The summed E-state index contributed by atoms with van der Waals surface area (Å²) in [5.74, 6) is -1.24. The Kier molecular flexibility index (Phi) is 6.20. The van der Waals surface area contributed by atoms with Crippen molar-refractivity contribution >= 4 is 21.9 Å². The first-order valence-corrected chi connectivity index (χ1v) is 9.95. The molecule has 2 rings (SSSR count). The zero-order valence-corrected chi connectivity index (χ0v) is 15.5. The zero-order valence-electron chi connectivity index (χ0n) is 14.7. The SMILES string of the molecule is C=CCNS(=O)(=O)c1cccc(C(=O)NC2(C(=O)O)CCC(C)CC2)c1. The van der Waals surface area contributed by atoms with Crippen molar-refractivity contribution in [3.8, 4) is 0 Å². The Bertz CT molecular complexity index is 796. The van der Waals surface area contributed by atoms with Crippen LogP contribution in [0.25, 0.3) is 0 Å². The lowest BCUT2D eigenvalue weighted by Gasteiger charge is -2.36. The summed E-state index contributed by atoms with van der Waals surface area (Å²) >= 11 is 0. The van der Waals surface area contributed by atoms with Crippen molar-refractivity contribution in [1.29, 1.82) is 0 Å². The summed E-state index contributed by atoms with van der Waals surface area (Å²) in [5.41, 5.74) is -1.20. The molecule has 0 aliphatic heterocycles. The highest BCUT2D eigenvalue weighted by Gasteiger charge is 2.42. The van der Waals surface area contributed by atoms with Crippen LogP contribution in [0, 0.1) is 5.92 Å². The Morgan fingerprint density at radius 2 is 2.00 bits per heavy atom. The second kappa shape index (κ2) is 8.01. The number of sulfonamides is 1. The average Bonchev–Trinajstić information content (AvgIpc) is 2.62. The van der Waals surface area contributed by atoms with Crippen molar-refractivity contribution in [3.63, 3.8) is 0 Å². The predicted octanol–water partition coefficient (Wildman–Crippen LogP) is 1.91. The molecule has 1 aliphatic rings. The van der Waals surface area contributed by atoms with Crippen molar-refractivity contribution in [3.05, 3.63) is 42.5 Å². The summed E-state index contributed by atoms with van der Waals surface area (Å²) in [6.45, 7) is 5.57. The van der Waals surface area contributed by atoms with Crippen LogP contribution >= 0.6 is 0 Å². The molecule has 0 unspecified atom stereocenters. The number of carboxylic acids is 1. The molecule has 1 amide bonds. The highest BCUT2D eigenvalue weighted by atomic mass is 32.2. The van der Waals surface area contributed by atoms with E-state index in [1.54, 1.807) is 0 Å². The fourth-order valence-electron chi connectivity index (χ4n) is 2.99. The normalized spacial score (nSPS) is 23.2. The van der Waals surface area contributed by atoms with Crippen molar-refractivity contribution in [2.75, 3.05) is 6.54 Å². The van der Waals surface area contributed by atoms with Crippen LogP contribution < -0.4 is 10.0 Å². The Morgan fingerprint density at radius 1 is 1.35 bits per heavy atom. The zero-order chi connectivity index (χ0) is 19.4. The average molecular weight is 380 g/mol. The molecular weight excluding hydrogens is 356 g/mol. The van der Waals surface area contributed by atoms with E-state index in [4.69, 9.17) is 0 Å². The second-order valence-electron chi connectivity index (χ2n) is 6.69. The first-order chi connectivity index (χ1) is 12.2. The molecule has 0 spiro atoms. The van der Waals surface area contributed by atoms with Gasteiger partial charge >= 0.3 is 5.97 Å². The summed E-state index contributed by atoms with van der Waals surface area (Å²) in [6.07, 6.45) is 3.55. The molecule has 0 bridgehead atoms. The molecule has 1 aromatic rings. The minimum atomic E-state index is -3.77. The van der Waals surface area contributed by atoms with Crippen LogP contribution in [0.2, 0.25) is 0 Å². The third-order valence-corrected chi connectivity index (χ3v) is 6.14. The minimum Gasteiger partial charge on any atom is -0.480 e. The van der Waals surface area contributed by atoms with Gasteiger partial charge in [0.15, 0.2) is 0 Å². The quantitative estimate of drug-likeness (QED) is 0.626. The maximum absolute atomic E-state index is 12.6. The van der Waals surface area contributed by atoms with Gasteiger partial charge in [0.2, 0.25) is 10.0 Å². The van der Waals surface area contributed by atoms with E-state index in [1.165, 1.54) is 30.3 Å². The van der Waals surface area contributed by atoms with Crippen molar-refractivity contribution in [2.45, 2.75) is 43.0 Å². The van der Waals surface area contributed by atoms with E-state index in [-0.39, 0.29) is 17.0 Å². The number of aliphatic carboxylic acids is 1. The van der Waals surface area contributed by atoms with Crippen LogP contribution in [-0.2, 0) is 14.8 Å². The standard InChI is InChI=1S/C18H24N2O5S/c1-3-11-19-26(24,25)15-6-4-5-14(12-15)16(21)20-18(17(22)23)9-7-13(2)8-10-18/h3-6,12-13,19H,1,7-11H2,2H3,(H,20,21)(H,22,23). The van der Waals surface area contributed by atoms with Gasteiger partial charge in [-0.2, -0.15) is 0 Å². The molecule has 0 atom stereocenters. The van der Waals surface area contributed by atoms with Gasteiger partial charge in [-0.1, -0.05) is 19.1 Å². The van der Waals surface area contributed by atoms with E-state index in [1.807, 2.05) is 0 Å². The van der Waals surface area contributed by atoms with Gasteiger partial charge in [0.25, 0.3) is 5.91 Å². The smallest absolute Gasteiger partial charge is 0.329 e. The molecule has 0 radical (unpaired) electrons. The maximum Gasteiger partial charge on any atom is 0.329 e. The largest absolute Gasteiger partial charge is 0.480 e. The minimum absolute atomic E-state index is 0.0614. The number of carbonyl (C=O) groups excluding carboxylic acids is 1. The fraction of sp³-hybridized carbons (Fsp3) is 0.444. The lowest BCUT2D eigenvalue weighted by atomic mass is 9.77. The maximum atomic E-state index is 12.6. The molecule has 1 saturated carbocycles. The Labute approximate surface area is 153 Å². The number of hydrogen-bond donors (Lipinski definition) is 3. The van der Waals surface area contributed by atoms with E-state index in [2.05, 4.69) is 23.5 Å². The molecule has 142 valence electrons.